The molecule has 0 saturated heterocycles. The second-order valence-corrected chi connectivity index (χ2v) is 4.72. The molecule has 1 aromatic heterocycles. The number of hydrogen-bond acceptors (Lipinski definition) is 5. The molecule has 0 fully saturated rings. The number of aromatic nitrogens is 1. The van der Waals surface area contributed by atoms with E-state index in [1.807, 2.05) is 0 Å². The summed E-state index contributed by atoms with van der Waals surface area (Å²) in [5.74, 6) is -1.28. The molecule has 9 heteroatoms. The molecule has 0 unspecified atom stereocenters. The van der Waals surface area contributed by atoms with Crippen LogP contribution in [0.5, 0.6) is 0 Å². The quantitative estimate of drug-likeness (QED) is 0.654. The van der Waals surface area contributed by atoms with Crippen molar-refractivity contribution in [3.63, 3.8) is 0 Å². The van der Waals surface area contributed by atoms with E-state index in [2.05, 4.69) is 10.3 Å². The van der Waals surface area contributed by atoms with Crippen LogP contribution in [0.25, 0.3) is 0 Å². The number of benzene rings is 1. The van der Waals surface area contributed by atoms with Crippen LogP contribution in [0.1, 0.15) is 10.4 Å². The molecule has 108 valence electrons. The molecule has 0 amide bonds. The highest BCUT2D eigenvalue weighted by molar-refractivity contribution is 6.42. The van der Waals surface area contributed by atoms with Gasteiger partial charge < -0.3 is 10.4 Å². The van der Waals surface area contributed by atoms with Crippen molar-refractivity contribution in [1.29, 1.82) is 0 Å². The average Bonchev–Trinajstić information content (AvgIpc) is 2.42. The van der Waals surface area contributed by atoms with Gasteiger partial charge in [0.15, 0.2) is 0 Å². The number of carbonyl (C=O) groups is 1. The lowest BCUT2D eigenvalue weighted by Gasteiger charge is -2.07. The summed E-state index contributed by atoms with van der Waals surface area (Å²) in [5, 5.41) is 23.2. The highest BCUT2D eigenvalue weighted by Gasteiger charge is 2.21. The molecule has 0 spiro atoms. The van der Waals surface area contributed by atoms with Crippen LogP contribution < -0.4 is 5.32 Å². The van der Waals surface area contributed by atoms with E-state index in [0.29, 0.717) is 15.7 Å². The van der Waals surface area contributed by atoms with Gasteiger partial charge in [0.25, 0.3) is 0 Å². The van der Waals surface area contributed by atoms with E-state index in [1.165, 1.54) is 6.07 Å². The summed E-state index contributed by atoms with van der Waals surface area (Å²) < 4.78 is 0. The fraction of sp³-hybridized carbons (Fsp3) is 0. The molecule has 1 heterocycles. The lowest BCUT2D eigenvalue weighted by atomic mass is 10.2. The Morgan fingerprint density at radius 1 is 1.29 bits per heavy atom. The Morgan fingerprint density at radius 3 is 2.57 bits per heavy atom. The third-order valence-corrected chi connectivity index (χ3v) is 3.24. The van der Waals surface area contributed by atoms with Crippen molar-refractivity contribution in [2.75, 3.05) is 5.32 Å². The van der Waals surface area contributed by atoms with Crippen LogP contribution >= 0.6 is 23.2 Å². The predicted molar refractivity (Wildman–Crippen MR) is 77.6 cm³/mol. The SMILES string of the molecule is O=C(O)c1cc(Nc2ccc(Cl)c(Cl)c2)ncc1[N+](=O)[O-]. The van der Waals surface area contributed by atoms with Gasteiger partial charge in [-0.05, 0) is 18.2 Å². The maximum Gasteiger partial charge on any atom is 0.342 e. The van der Waals surface area contributed by atoms with Gasteiger partial charge in [0.2, 0.25) is 0 Å². The molecule has 21 heavy (non-hydrogen) atoms. The average molecular weight is 328 g/mol. The first-order valence-corrected chi connectivity index (χ1v) is 6.24. The highest BCUT2D eigenvalue weighted by Crippen LogP contribution is 2.27. The number of nitrogens with one attached hydrogen (secondary N) is 1. The first-order chi connectivity index (χ1) is 9.88. The number of hydrogen-bond donors (Lipinski definition) is 2. The van der Waals surface area contributed by atoms with Gasteiger partial charge in [-0.1, -0.05) is 23.2 Å². The summed E-state index contributed by atoms with van der Waals surface area (Å²) in [6.07, 6.45) is 0.878. The van der Waals surface area contributed by atoms with Crippen LogP contribution in [0.3, 0.4) is 0 Å². The first-order valence-electron chi connectivity index (χ1n) is 5.48. The van der Waals surface area contributed by atoms with Crippen molar-refractivity contribution in [1.82, 2.24) is 4.98 Å². The Hall–Kier alpha value is -2.38. The van der Waals surface area contributed by atoms with E-state index in [0.717, 1.165) is 12.3 Å². The Bertz CT molecular complexity index is 736. The van der Waals surface area contributed by atoms with Crippen LogP contribution in [0.2, 0.25) is 10.0 Å². The molecule has 7 nitrogen and oxygen atoms in total. The first kappa shape index (κ1) is 15.0. The van der Waals surface area contributed by atoms with Gasteiger partial charge in [-0.25, -0.2) is 9.78 Å². The van der Waals surface area contributed by atoms with Gasteiger partial charge in [-0.3, -0.25) is 10.1 Å². The summed E-state index contributed by atoms with van der Waals surface area (Å²) >= 11 is 11.6. The largest absolute Gasteiger partial charge is 0.477 e. The minimum Gasteiger partial charge on any atom is -0.477 e. The number of carboxylic acids is 1. The standard InChI is InChI=1S/C12H7Cl2N3O4/c13-8-2-1-6(3-9(8)14)16-11-4-7(12(18)19)10(5-15-11)17(20)21/h1-5H,(H,15,16)(H,18,19). The van der Waals surface area contributed by atoms with Crippen LogP contribution in [-0.2, 0) is 0 Å². The molecule has 0 saturated carbocycles. The molecule has 0 aliphatic rings. The molecule has 2 aromatic rings. The third kappa shape index (κ3) is 3.39. The van der Waals surface area contributed by atoms with Crippen molar-refractivity contribution in [3.8, 4) is 0 Å². The van der Waals surface area contributed by atoms with Crippen molar-refractivity contribution < 1.29 is 14.8 Å². The summed E-state index contributed by atoms with van der Waals surface area (Å²) in [7, 11) is 0. The lowest BCUT2D eigenvalue weighted by molar-refractivity contribution is -0.385. The molecule has 0 atom stereocenters. The summed E-state index contributed by atoms with van der Waals surface area (Å²) in [5.41, 5.74) is -0.526. The number of pyridine rings is 1. The van der Waals surface area contributed by atoms with Crippen LogP contribution in [0, 0.1) is 10.1 Å². The van der Waals surface area contributed by atoms with E-state index < -0.39 is 22.1 Å². The molecule has 0 bridgehead atoms. The highest BCUT2D eigenvalue weighted by atomic mass is 35.5. The molecular formula is C12H7Cl2N3O4. The lowest BCUT2D eigenvalue weighted by Crippen LogP contribution is -2.05. The van der Waals surface area contributed by atoms with Gasteiger partial charge in [-0.2, -0.15) is 0 Å². The molecule has 0 aliphatic carbocycles. The molecule has 1 aromatic carbocycles. The number of rotatable bonds is 4. The van der Waals surface area contributed by atoms with Gasteiger partial charge in [0.1, 0.15) is 17.6 Å². The Balaban J connectivity index is 2.36. The second-order valence-electron chi connectivity index (χ2n) is 3.90. The van der Waals surface area contributed by atoms with Crippen LogP contribution in [-0.4, -0.2) is 21.0 Å². The molecule has 0 radical (unpaired) electrons. The van der Waals surface area contributed by atoms with E-state index in [-0.39, 0.29) is 5.82 Å². The van der Waals surface area contributed by atoms with Crippen molar-refractivity contribution in [2.24, 2.45) is 0 Å². The zero-order chi connectivity index (χ0) is 15.6. The number of nitro groups is 1. The number of aromatic carboxylic acids is 1. The van der Waals surface area contributed by atoms with E-state index in [1.54, 1.807) is 12.1 Å². The molecule has 2 N–H and O–H groups in total. The minimum atomic E-state index is -1.42. The number of nitrogens with zero attached hydrogens (tertiary/aromatic N) is 2. The van der Waals surface area contributed by atoms with Gasteiger partial charge in [0, 0.05) is 11.8 Å². The molecular weight excluding hydrogens is 321 g/mol. The van der Waals surface area contributed by atoms with Crippen LogP contribution in [0.15, 0.2) is 30.5 Å². The fourth-order valence-corrected chi connectivity index (χ4v) is 1.85. The van der Waals surface area contributed by atoms with Gasteiger partial charge >= 0.3 is 11.7 Å². The van der Waals surface area contributed by atoms with Crippen molar-refractivity contribution in [3.05, 3.63) is 56.2 Å². The van der Waals surface area contributed by atoms with Crippen molar-refractivity contribution in [2.45, 2.75) is 0 Å². The summed E-state index contributed by atoms with van der Waals surface area (Å²) in [4.78, 5) is 24.8. The summed E-state index contributed by atoms with van der Waals surface area (Å²) in [6, 6.07) is 5.75. The maximum absolute atomic E-state index is 11.0. The zero-order valence-corrected chi connectivity index (χ0v) is 11.7. The molecule has 0 aliphatic heterocycles. The normalized spacial score (nSPS) is 10.2. The topological polar surface area (TPSA) is 105 Å². The maximum atomic E-state index is 11.0. The van der Waals surface area contributed by atoms with Gasteiger partial charge in [0.05, 0.1) is 15.0 Å². The molecule has 2 rings (SSSR count). The van der Waals surface area contributed by atoms with E-state index in [4.69, 9.17) is 28.3 Å². The second kappa shape index (κ2) is 5.94. The Kier molecular flexibility index (Phi) is 4.25. The van der Waals surface area contributed by atoms with Crippen LogP contribution in [0.4, 0.5) is 17.2 Å². The monoisotopic (exact) mass is 327 g/mol. The number of halogens is 2. The minimum absolute atomic E-state index is 0.136. The van der Waals surface area contributed by atoms with E-state index in [9.17, 15) is 14.9 Å². The van der Waals surface area contributed by atoms with E-state index >= 15 is 0 Å². The summed E-state index contributed by atoms with van der Waals surface area (Å²) in [6.45, 7) is 0. The Labute approximate surface area is 128 Å². The fourth-order valence-electron chi connectivity index (χ4n) is 1.56. The predicted octanol–water partition coefficient (Wildman–Crippen LogP) is 3.74. The number of carboxylic acid groups (broad SMARTS) is 1. The zero-order valence-electron chi connectivity index (χ0n) is 10.2. The third-order valence-electron chi connectivity index (χ3n) is 2.50. The Morgan fingerprint density at radius 2 is 2.00 bits per heavy atom. The number of anilines is 2. The van der Waals surface area contributed by atoms with Gasteiger partial charge in [-0.15, -0.1) is 0 Å². The smallest absolute Gasteiger partial charge is 0.342 e. The van der Waals surface area contributed by atoms with Crippen molar-refractivity contribution >= 4 is 46.4 Å².